The van der Waals surface area contributed by atoms with Gasteiger partial charge in [0, 0.05) is 30.8 Å². The second kappa shape index (κ2) is 20.6. The van der Waals surface area contributed by atoms with E-state index in [2.05, 4.69) is 49.4 Å². The molecule has 3 aromatic heterocycles. The van der Waals surface area contributed by atoms with E-state index in [4.69, 9.17) is 25.9 Å². The molecule has 1 radical (unpaired) electrons. The molecule has 1 N–H and O–H groups in total. The quantitative estimate of drug-likeness (QED) is 0.121. The Morgan fingerprint density at radius 3 is 1.21 bits per heavy atom. The molecule has 0 atom stereocenters. The van der Waals surface area contributed by atoms with Crippen LogP contribution in [0.2, 0.25) is 0 Å². The van der Waals surface area contributed by atoms with Gasteiger partial charge in [0.25, 0.3) is 0 Å². The van der Waals surface area contributed by atoms with Gasteiger partial charge in [0.1, 0.15) is 0 Å². The van der Waals surface area contributed by atoms with E-state index >= 15 is 0 Å². The van der Waals surface area contributed by atoms with Crippen LogP contribution in [0.25, 0.3) is 0 Å². The van der Waals surface area contributed by atoms with Gasteiger partial charge in [-0.3, -0.25) is 15.0 Å². The fourth-order valence-corrected chi connectivity index (χ4v) is 2.94. The number of para-hydroxylation sites is 1. The molecule has 1 aromatic carbocycles. The molecule has 0 amide bonds. The fourth-order valence-electron chi connectivity index (χ4n) is 2.94. The van der Waals surface area contributed by atoms with Crippen molar-refractivity contribution in [1.82, 2.24) is 20.3 Å². The fraction of sp³-hybridized carbons (Fsp3) is 0.222. The van der Waals surface area contributed by atoms with Crippen LogP contribution in [0.1, 0.15) is 17.1 Å². The Morgan fingerprint density at radius 1 is 0.617 bits per heavy atom. The van der Waals surface area contributed by atoms with Crippen LogP contribution in [-0.2, 0) is 56.9 Å². The van der Waals surface area contributed by atoms with Crippen LogP contribution in [0, 0.1) is 0 Å². The molecule has 0 spiro atoms. The monoisotopic (exact) mass is 758 g/mol. The number of aromatic nitrogens is 3. The number of alkyl halides is 6. The van der Waals surface area contributed by atoms with Crippen molar-refractivity contribution in [3.63, 3.8) is 0 Å². The molecule has 3 heterocycles. The molecular weight excluding hydrogens is 732 g/mol. The summed E-state index contributed by atoms with van der Waals surface area (Å²) >= 11 is 0. The van der Waals surface area contributed by atoms with Crippen molar-refractivity contribution in [1.29, 1.82) is 0 Å². The van der Waals surface area contributed by atoms with Gasteiger partial charge in [-0.05, 0) is 55.6 Å². The van der Waals surface area contributed by atoms with E-state index in [1.54, 1.807) is 6.20 Å². The minimum Gasteiger partial charge on any atom is -0.741 e. The van der Waals surface area contributed by atoms with Crippen LogP contribution in [0.5, 0.6) is 0 Å². The van der Waals surface area contributed by atoms with Gasteiger partial charge in [0.05, 0.1) is 30.2 Å². The van der Waals surface area contributed by atoms with Crippen molar-refractivity contribution in [3.8, 4) is 0 Å². The Bertz CT molecular complexity index is 1540. The molecular formula is C27H27CuF6N5O6S2. The summed E-state index contributed by atoms with van der Waals surface area (Å²) in [6, 6.07) is 28.3. The predicted molar refractivity (Wildman–Crippen MR) is 153 cm³/mol. The molecule has 47 heavy (non-hydrogen) atoms. The minimum atomic E-state index is -6.09. The number of hydrogen-bond donors (Lipinski definition) is 1. The predicted octanol–water partition coefficient (Wildman–Crippen LogP) is 4.58. The van der Waals surface area contributed by atoms with Crippen LogP contribution in [0.15, 0.2) is 104 Å². The first-order valence-electron chi connectivity index (χ1n) is 12.5. The maximum absolute atomic E-state index is 10.7. The molecule has 0 fully saturated rings. The molecule has 0 saturated carbocycles. The second-order valence-corrected chi connectivity index (χ2v) is 11.2. The van der Waals surface area contributed by atoms with Gasteiger partial charge in [0.2, 0.25) is 0 Å². The number of pyridine rings is 3. The molecule has 0 aliphatic rings. The van der Waals surface area contributed by atoms with Gasteiger partial charge >= 0.3 is 28.1 Å². The van der Waals surface area contributed by atoms with Crippen LogP contribution >= 0.6 is 0 Å². The molecule has 20 heteroatoms. The summed E-state index contributed by atoms with van der Waals surface area (Å²) in [4.78, 5) is 15.2. The van der Waals surface area contributed by atoms with Gasteiger partial charge in [0.15, 0.2) is 20.2 Å². The zero-order valence-electron chi connectivity index (χ0n) is 24.1. The normalized spacial score (nSPS) is 11.2. The first kappa shape index (κ1) is 43.3. The number of benzene rings is 1. The largest absolute Gasteiger partial charge is 2.00 e. The van der Waals surface area contributed by atoms with Gasteiger partial charge in [-0.25, -0.2) is 16.8 Å². The van der Waals surface area contributed by atoms with Crippen molar-refractivity contribution in [2.24, 2.45) is 0 Å². The molecule has 4 rings (SSSR count). The molecule has 0 aliphatic heterocycles. The standard InChI is InChI=1S/C18H17N3.C7H10N2.2CHF3O3S.Cu/c1-2-10-18(11-3-1)21(14-16-8-4-6-12-19-16)15-17-9-5-7-13-20-17;1-8-6-7-4-2-3-5-9-7;2*2-1(3,4)8(5,6)7;/h1-13H,14-15H2;2-5,8H,6H2,1H3;2*(H,5,6,7);/q;;;;+2/p-2. The van der Waals surface area contributed by atoms with Gasteiger partial charge in [-0.2, -0.15) is 26.3 Å². The Balaban J connectivity index is 0.000000681. The van der Waals surface area contributed by atoms with E-state index in [9.17, 15) is 26.3 Å². The van der Waals surface area contributed by atoms with Crippen molar-refractivity contribution in [3.05, 3.63) is 121 Å². The number of rotatable bonds is 7. The maximum Gasteiger partial charge on any atom is 2.00 e. The third kappa shape index (κ3) is 18.3. The van der Waals surface area contributed by atoms with Crippen molar-refractivity contribution in [2.45, 2.75) is 30.7 Å². The van der Waals surface area contributed by atoms with Crippen LogP contribution in [0.4, 0.5) is 32.0 Å². The molecule has 4 aromatic rings. The third-order valence-corrected chi connectivity index (χ3v) is 6.06. The van der Waals surface area contributed by atoms with Crippen LogP contribution in [-0.4, -0.2) is 59.0 Å². The summed E-state index contributed by atoms with van der Waals surface area (Å²) in [5, 5.41) is 3.02. The van der Waals surface area contributed by atoms with E-state index in [1.807, 2.05) is 80.1 Å². The van der Waals surface area contributed by atoms with E-state index in [1.165, 1.54) is 5.69 Å². The van der Waals surface area contributed by atoms with E-state index in [-0.39, 0.29) is 17.1 Å². The number of halogens is 6. The SMILES string of the molecule is CNCc1ccccn1.O=S(=O)([O-])C(F)(F)F.O=S(=O)([O-])C(F)(F)F.[Cu+2].c1ccc(N(Cc2ccccn2)Cc2ccccn2)cc1. The third-order valence-electron chi connectivity index (χ3n) is 4.93. The van der Waals surface area contributed by atoms with Gasteiger partial charge in [-0.1, -0.05) is 36.4 Å². The zero-order chi connectivity index (χ0) is 34.9. The average Bonchev–Trinajstić information content (AvgIpc) is 2.98. The Labute approximate surface area is 278 Å². The van der Waals surface area contributed by atoms with Gasteiger partial charge in [-0.15, -0.1) is 0 Å². The number of nitrogens with zero attached hydrogens (tertiary/aromatic N) is 4. The van der Waals surface area contributed by atoms with Gasteiger partial charge < -0.3 is 19.3 Å². The summed E-state index contributed by atoms with van der Waals surface area (Å²) in [5.41, 5.74) is -6.93. The number of hydrogen-bond acceptors (Lipinski definition) is 11. The van der Waals surface area contributed by atoms with E-state index < -0.39 is 31.3 Å². The second-order valence-electron chi connectivity index (χ2n) is 8.48. The van der Waals surface area contributed by atoms with Crippen LogP contribution < -0.4 is 10.2 Å². The van der Waals surface area contributed by atoms with Crippen LogP contribution in [0.3, 0.4) is 0 Å². The first-order valence-corrected chi connectivity index (χ1v) is 15.4. The van der Waals surface area contributed by atoms with E-state index in [0.717, 1.165) is 36.7 Å². The summed E-state index contributed by atoms with van der Waals surface area (Å²) in [5.74, 6) is 0. The summed E-state index contributed by atoms with van der Waals surface area (Å²) < 4.78 is 118. The Kier molecular flexibility index (Phi) is 19.0. The van der Waals surface area contributed by atoms with Crippen molar-refractivity contribution in [2.75, 3.05) is 11.9 Å². The molecule has 0 aliphatic carbocycles. The minimum absolute atomic E-state index is 0. The first-order chi connectivity index (χ1) is 21.3. The molecule has 0 unspecified atom stereocenters. The molecule has 11 nitrogen and oxygen atoms in total. The zero-order valence-corrected chi connectivity index (χ0v) is 26.6. The summed E-state index contributed by atoms with van der Waals surface area (Å²) in [6.45, 7) is 2.38. The molecule has 261 valence electrons. The Morgan fingerprint density at radius 2 is 0.936 bits per heavy atom. The number of anilines is 1. The molecule has 0 bridgehead atoms. The van der Waals surface area contributed by atoms with Crippen molar-refractivity contribution >= 4 is 25.9 Å². The number of nitrogens with one attached hydrogen (secondary N) is 1. The maximum atomic E-state index is 10.7. The summed E-state index contributed by atoms with van der Waals surface area (Å²) in [6.07, 6.45) is 5.46. The average molecular weight is 759 g/mol. The smallest absolute Gasteiger partial charge is 0.741 e. The van der Waals surface area contributed by atoms with E-state index in [0.29, 0.717) is 0 Å². The van der Waals surface area contributed by atoms with Crippen molar-refractivity contribution < 1.29 is 69.4 Å². The molecule has 0 saturated heterocycles. The Hall–Kier alpha value is -3.65. The topological polar surface area (TPSA) is 168 Å². The summed E-state index contributed by atoms with van der Waals surface area (Å²) in [7, 11) is -10.3.